The van der Waals surface area contributed by atoms with E-state index in [-0.39, 0.29) is 21.0 Å². The van der Waals surface area contributed by atoms with E-state index in [1.165, 1.54) is 34.6 Å². The predicted molar refractivity (Wildman–Crippen MR) is 110 cm³/mol. The van der Waals surface area contributed by atoms with Crippen molar-refractivity contribution in [2.45, 2.75) is 35.3 Å². The average Bonchev–Trinajstić information content (AvgIpc) is 2.69. The molecule has 0 spiro atoms. The minimum Gasteiger partial charge on any atom is -0.321 e. The van der Waals surface area contributed by atoms with E-state index < -0.39 is 21.7 Å². The van der Waals surface area contributed by atoms with E-state index in [0.29, 0.717) is 30.8 Å². The molecule has 1 saturated heterocycles. The highest BCUT2D eigenvalue weighted by molar-refractivity contribution is 7.99. The molecule has 1 heterocycles. The predicted octanol–water partition coefficient (Wildman–Crippen LogP) is 4.67. The molecule has 0 saturated carbocycles. The largest absolute Gasteiger partial charge is 0.321 e. The van der Waals surface area contributed by atoms with Gasteiger partial charge in [0.15, 0.2) is 0 Å². The number of alkyl halides is 2. The molecule has 3 rings (SSSR count). The van der Waals surface area contributed by atoms with Crippen LogP contribution >= 0.6 is 11.8 Å². The van der Waals surface area contributed by atoms with Crippen molar-refractivity contribution in [3.8, 4) is 0 Å². The molecule has 0 bridgehead atoms. The number of nitrogens with zero attached hydrogens (tertiary/aromatic N) is 1. The summed E-state index contributed by atoms with van der Waals surface area (Å²) in [6.07, 6.45) is 1.66. The van der Waals surface area contributed by atoms with Crippen molar-refractivity contribution >= 4 is 33.4 Å². The third-order valence-electron chi connectivity index (χ3n) is 4.85. The Labute approximate surface area is 173 Å². The topological polar surface area (TPSA) is 66.5 Å². The Morgan fingerprint density at radius 3 is 2.34 bits per heavy atom. The Kier molecular flexibility index (Phi) is 6.92. The molecule has 0 atom stereocenters. The number of hydrogen-bond acceptors (Lipinski definition) is 4. The molecule has 1 amide bonds. The van der Waals surface area contributed by atoms with Gasteiger partial charge in [-0.2, -0.15) is 13.1 Å². The standard InChI is InChI=1S/C20H22F2N2O3S2/c1-14-10-12-24(13-11-14)29(26,27)16-8-6-15(7-9-16)19(25)23-17-4-2-3-5-18(17)28-20(21)22/h2-9,14,20H,10-13H2,1H3,(H,23,25). The number of nitrogens with one attached hydrogen (secondary N) is 1. The molecule has 2 aromatic carbocycles. The quantitative estimate of drug-likeness (QED) is 0.663. The number of carbonyl (C=O) groups is 1. The summed E-state index contributed by atoms with van der Waals surface area (Å²) in [6.45, 7) is 3.09. The molecule has 5 nitrogen and oxygen atoms in total. The van der Waals surface area contributed by atoms with Crippen LogP contribution in [0.5, 0.6) is 0 Å². The number of hydrogen-bond donors (Lipinski definition) is 1. The van der Waals surface area contributed by atoms with Crippen molar-refractivity contribution in [1.29, 1.82) is 0 Å². The van der Waals surface area contributed by atoms with E-state index in [0.717, 1.165) is 12.8 Å². The third kappa shape index (κ3) is 5.34. The van der Waals surface area contributed by atoms with Crippen LogP contribution < -0.4 is 5.32 Å². The summed E-state index contributed by atoms with van der Waals surface area (Å²) in [6, 6.07) is 12.0. The van der Waals surface area contributed by atoms with E-state index in [1.54, 1.807) is 18.2 Å². The second kappa shape index (κ2) is 9.23. The molecule has 1 N–H and O–H groups in total. The van der Waals surface area contributed by atoms with Gasteiger partial charge in [-0.1, -0.05) is 30.8 Å². The minimum atomic E-state index is -3.59. The third-order valence-corrected chi connectivity index (χ3v) is 7.55. The van der Waals surface area contributed by atoms with Crippen LogP contribution in [-0.2, 0) is 10.0 Å². The number of halogens is 2. The number of piperidine rings is 1. The van der Waals surface area contributed by atoms with Gasteiger partial charge in [-0.25, -0.2) is 8.42 Å². The number of sulfonamides is 1. The van der Waals surface area contributed by atoms with Crippen molar-refractivity contribution in [1.82, 2.24) is 4.31 Å². The molecular formula is C20H22F2N2O3S2. The normalized spacial score (nSPS) is 16.1. The van der Waals surface area contributed by atoms with Crippen LogP contribution in [0.1, 0.15) is 30.1 Å². The smallest absolute Gasteiger partial charge is 0.288 e. The van der Waals surface area contributed by atoms with Crippen molar-refractivity contribution in [2.24, 2.45) is 5.92 Å². The van der Waals surface area contributed by atoms with Crippen LogP contribution in [0.2, 0.25) is 0 Å². The maximum Gasteiger partial charge on any atom is 0.288 e. The van der Waals surface area contributed by atoms with E-state index >= 15 is 0 Å². The van der Waals surface area contributed by atoms with Gasteiger partial charge in [0.25, 0.3) is 11.7 Å². The monoisotopic (exact) mass is 440 g/mol. The van der Waals surface area contributed by atoms with Gasteiger partial charge < -0.3 is 5.32 Å². The lowest BCUT2D eigenvalue weighted by atomic mass is 10.0. The van der Waals surface area contributed by atoms with Crippen LogP contribution in [0, 0.1) is 5.92 Å². The number of para-hydroxylation sites is 1. The molecule has 9 heteroatoms. The molecule has 1 aliphatic rings. The van der Waals surface area contributed by atoms with Gasteiger partial charge >= 0.3 is 0 Å². The first-order chi connectivity index (χ1) is 13.8. The van der Waals surface area contributed by atoms with E-state index in [4.69, 9.17) is 0 Å². The minimum absolute atomic E-state index is 0.136. The first-order valence-electron chi connectivity index (χ1n) is 9.23. The van der Waals surface area contributed by atoms with Gasteiger partial charge in [-0.05, 0) is 55.2 Å². The second-order valence-electron chi connectivity index (χ2n) is 6.94. The van der Waals surface area contributed by atoms with Gasteiger partial charge in [0.1, 0.15) is 0 Å². The number of carbonyl (C=O) groups excluding carboxylic acids is 1. The highest BCUT2D eigenvalue weighted by Gasteiger charge is 2.28. The SMILES string of the molecule is CC1CCN(S(=O)(=O)c2ccc(C(=O)Nc3ccccc3SC(F)F)cc2)CC1. The van der Waals surface area contributed by atoms with E-state index in [9.17, 15) is 22.0 Å². The first-order valence-corrected chi connectivity index (χ1v) is 11.5. The number of rotatable bonds is 6. The summed E-state index contributed by atoms with van der Waals surface area (Å²) in [5.74, 6) is -2.59. The Morgan fingerprint density at radius 1 is 1.10 bits per heavy atom. The maximum atomic E-state index is 12.8. The van der Waals surface area contributed by atoms with Crippen molar-refractivity contribution in [3.05, 3.63) is 54.1 Å². The van der Waals surface area contributed by atoms with Crippen LogP contribution in [0.4, 0.5) is 14.5 Å². The molecule has 0 aromatic heterocycles. The van der Waals surface area contributed by atoms with Crippen LogP contribution in [0.25, 0.3) is 0 Å². The van der Waals surface area contributed by atoms with Gasteiger partial charge in [0.2, 0.25) is 10.0 Å². The fourth-order valence-corrected chi connectivity index (χ4v) is 5.18. The van der Waals surface area contributed by atoms with Gasteiger partial charge in [0, 0.05) is 23.5 Å². The zero-order valence-electron chi connectivity index (χ0n) is 15.8. The zero-order valence-corrected chi connectivity index (χ0v) is 17.5. The Morgan fingerprint density at radius 2 is 1.72 bits per heavy atom. The lowest BCUT2D eigenvalue weighted by Crippen LogP contribution is -2.37. The second-order valence-corrected chi connectivity index (χ2v) is 9.91. The lowest BCUT2D eigenvalue weighted by molar-refractivity contribution is 0.102. The van der Waals surface area contributed by atoms with Crippen molar-refractivity contribution < 1.29 is 22.0 Å². The molecule has 0 unspecified atom stereocenters. The molecule has 156 valence electrons. The highest BCUT2D eigenvalue weighted by atomic mass is 32.2. The summed E-state index contributed by atoms with van der Waals surface area (Å²) >= 11 is 0.351. The van der Waals surface area contributed by atoms with Crippen LogP contribution in [0.3, 0.4) is 0 Å². The Hall–Kier alpha value is -1.97. The molecule has 2 aromatic rings. The molecule has 0 radical (unpaired) electrons. The molecule has 0 aliphatic carbocycles. The van der Waals surface area contributed by atoms with Gasteiger partial charge in [0.05, 0.1) is 10.6 Å². The summed E-state index contributed by atoms with van der Waals surface area (Å²) in [7, 11) is -3.59. The highest BCUT2D eigenvalue weighted by Crippen LogP contribution is 2.32. The van der Waals surface area contributed by atoms with Crippen LogP contribution in [0.15, 0.2) is 58.3 Å². The summed E-state index contributed by atoms with van der Waals surface area (Å²) in [5.41, 5.74) is 0.523. The number of amides is 1. The van der Waals surface area contributed by atoms with Gasteiger partial charge in [-0.15, -0.1) is 0 Å². The summed E-state index contributed by atoms with van der Waals surface area (Å²) < 4.78 is 52.4. The molecule has 1 aliphatic heterocycles. The Balaban J connectivity index is 1.73. The molecule has 29 heavy (non-hydrogen) atoms. The maximum absolute atomic E-state index is 12.8. The van der Waals surface area contributed by atoms with E-state index in [2.05, 4.69) is 12.2 Å². The lowest BCUT2D eigenvalue weighted by Gasteiger charge is -2.29. The fraction of sp³-hybridized carbons (Fsp3) is 0.350. The first kappa shape index (κ1) is 21.7. The van der Waals surface area contributed by atoms with Crippen LogP contribution in [-0.4, -0.2) is 37.5 Å². The van der Waals surface area contributed by atoms with Crippen molar-refractivity contribution in [2.75, 3.05) is 18.4 Å². The molecule has 1 fully saturated rings. The Bertz CT molecular complexity index is 958. The van der Waals surface area contributed by atoms with Gasteiger partial charge in [-0.3, -0.25) is 4.79 Å². The summed E-state index contributed by atoms with van der Waals surface area (Å²) in [4.78, 5) is 12.9. The average molecular weight is 441 g/mol. The fourth-order valence-electron chi connectivity index (χ4n) is 3.12. The summed E-state index contributed by atoms with van der Waals surface area (Å²) in [5, 5.41) is 2.61. The molecular weight excluding hydrogens is 418 g/mol. The van der Waals surface area contributed by atoms with E-state index in [1.807, 2.05) is 0 Å². The van der Waals surface area contributed by atoms with Crippen molar-refractivity contribution in [3.63, 3.8) is 0 Å². The number of thioether (sulfide) groups is 1. The number of anilines is 1. The number of benzene rings is 2. The zero-order chi connectivity index (χ0) is 21.0.